The fourth-order valence-corrected chi connectivity index (χ4v) is 5.92. The van der Waals surface area contributed by atoms with Crippen LogP contribution in [0, 0.1) is 0 Å². The van der Waals surface area contributed by atoms with Crippen LogP contribution in [-0.2, 0) is 14.9 Å². The Balaban J connectivity index is 1.60. The highest BCUT2D eigenvalue weighted by Crippen LogP contribution is 2.37. The maximum atomic E-state index is 13.6. The molecule has 0 atom stereocenters. The monoisotopic (exact) mass is 580 g/mol. The van der Waals surface area contributed by atoms with Crippen LogP contribution in [0.3, 0.4) is 0 Å². The van der Waals surface area contributed by atoms with Gasteiger partial charge in [-0.05, 0) is 42.8 Å². The third kappa shape index (κ3) is 7.06. The number of amides is 2. The Morgan fingerprint density at radius 1 is 1.10 bits per heavy atom. The lowest BCUT2D eigenvalue weighted by atomic mass is 9.94. The lowest BCUT2D eigenvalue weighted by Gasteiger charge is -2.26. The summed E-state index contributed by atoms with van der Waals surface area (Å²) in [6.45, 7) is 15.7. The summed E-state index contributed by atoms with van der Waals surface area (Å²) in [4.78, 5) is 32.4. The number of fused-ring (bicyclic) bond motifs is 1. The Morgan fingerprint density at radius 2 is 1.78 bits per heavy atom. The van der Waals surface area contributed by atoms with Gasteiger partial charge >= 0.3 is 0 Å². The summed E-state index contributed by atoms with van der Waals surface area (Å²) >= 11 is 1.38. The summed E-state index contributed by atoms with van der Waals surface area (Å²) in [6, 6.07) is 12.9. The van der Waals surface area contributed by atoms with Gasteiger partial charge in [0, 0.05) is 48.6 Å². The zero-order valence-electron chi connectivity index (χ0n) is 24.5. The van der Waals surface area contributed by atoms with Crippen LogP contribution in [0.2, 0.25) is 0 Å². The predicted molar refractivity (Wildman–Crippen MR) is 164 cm³/mol. The average Bonchev–Trinajstić information content (AvgIpc) is 3.40. The molecule has 9 nitrogen and oxygen atoms in total. The molecule has 0 spiro atoms. The Bertz CT molecular complexity index is 1400. The molecular formula is C31H40N4O5S. The van der Waals surface area contributed by atoms with Crippen LogP contribution < -0.4 is 10.1 Å². The number of nitrogens with zero attached hydrogens (tertiary/aromatic N) is 3. The van der Waals surface area contributed by atoms with Gasteiger partial charge in [0.1, 0.15) is 17.2 Å². The van der Waals surface area contributed by atoms with Gasteiger partial charge in [-0.2, -0.15) is 0 Å². The van der Waals surface area contributed by atoms with Crippen LogP contribution in [0.5, 0.6) is 5.75 Å². The number of ether oxygens (including phenoxy) is 2. The van der Waals surface area contributed by atoms with Gasteiger partial charge in [0.05, 0.1) is 18.9 Å². The molecule has 1 fully saturated rings. The molecule has 41 heavy (non-hydrogen) atoms. The Morgan fingerprint density at radius 3 is 2.41 bits per heavy atom. The number of anilines is 1. The van der Waals surface area contributed by atoms with Gasteiger partial charge in [-0.3, -0.25) is 14.5 Å². The van der Waals surface area contributed by atoms with Crippen molar-refractivity contribution in [2.75, 3.05) is 57.9 Å². The summed E-state index contributed by atoms with van der Waals surface area (Å²) in [7, 11) is 0. The van der Waals surface area contributed by atoms with Gasteiger partial charge in [0.15, 0.2) is 5.71 Å². The molecule has 1 aliphatic rings. The minimum atomic E-state index is -0.606. The van der Waals surface area contributed by atoms with Crippen molar-refractivity contribution in [3.63, 3.8) is 0 Å². The van der Waals surface area contributed by atoms with Crippen LogP contribution >= 0.6 is 11.3 Å². The molecule has 1 aromatic heterocycles. The number of nitrogens with one attached hydrogen (secondary N) is 1. The average molecular weight is 581 g/mol. The molecule has 1 saturated heterocycles. The van der Waals surface area contributed by atoms with E-state index < -0.39 is 5.91 Å². The van der Waals surface area contributed by atoms with E-state index in [-0.39, 0.29) is 17.0 Å². The van der Waals surface area contributed by atoms with E-state index in [1.54, 1.807) is 17.0 Å². The number of carbonyl (C=O) groups excluding carboxylic acids is 2. The zero-order chi connectivity index (χ0) is 29.6. The van der Waals surface area contributed by atoms with Crippen molar-refractivity contribution in [3.05, 3.63) is 57.8 Å². The number of carbonyl (C=O) groups is 2. The number of oxime groups is 1. The van der Waals surface area contributed by atoms with E-state index in [0.717, 1.165) is 48.5 Å². The SMILES string of the molecule is CCN(CC)C(=O)c1sc(C(C)(C)C)cc1NC(=O)C(=NO)c1ccc(OCCN2CCOCC2)c2ccccc12. The van der Waals surface area contributed by atoms with Gasteiger partial charge in [-0.25, -0.2) is 0 Å². The first-order valence-electron chi connectivity index (χ1n) is 14.1. The molecule has 3 aromatic rings. The Labute approximate surface area is 245 Å². The van der Waals surface area contributed by atoms with E-state index in [2.05, 4.69) is 36.1 Å². The van der Waals surface area contributed by atoms with Crippen LogP contribution in [-0.4, -0.2) is 85.1 Å². The molecule has 2 amide bonds. The topological polar surface area (TPSA) is 104 Å². The fourth-order valence-electron chi connectivity index (χ4n) is 4.78. The van der Waals surface area contributed by atoms with Crippen LogP contribution in [0.4, 0.5) is 5.69 Å². The number of rotatable bonds is 10. The minimum absolute atomic E-state index is 0.141. The molecule has 10 heteroatoms. The highest BCUT2D eigenvalue weighted by molar-refractivity contribution is 7.14. The number of benzene rings is 2. The van der Waals surface area contributed by atoms with Gasteiger partial charge < -0.3 is 24.9 Å². The molecule has 4 rings (SSSR count). The molecule has 0 radical (unpaired) electrons. The van der Waals surface area contributed by atoms with Crippen molar-refractivity contribution >= 4 is 45.3 Å². The summed E-state index contributed by atoms with van der Waals surface area (Å²) in [6.07, 6.45) is 0. The van der Waals surface area contributed by atoms with Gasteiger partial charge in [0.25, 0.3) is 11.8 Å². The summed E-state index contributed by atoms with van der Waals surface area (Å²) in [5, 5.41) is 17.8. The van der Waals surface area contributed by atoms with Crippen molar-refractivity contribution in [3.8, 4) is 5.75 Å². The van der Waals surface area contributed by atoms with Crippen LogP contribution in [0.15, 0.2) is 47.6 Å². The second kappa shape index (κ2) is 13.5. The molecule has 0 saturated carbocycles. The molecule has 0 bridgehead atoms. The van der Waals surface area contributed by atoms with E-state index in [1.807, 2.05) is 44.2 Å². The van der Waals surface area contributed by atoms with Crippen molar-refractivity contribution in [1.82, 2.24) is 9.80 Å². The molecular weight excluding hydrogens is 540 g/mol. The lowest BCUT2D eigenvalue weighted by Crippen LogP contribution is -2.38. The molecule has 2 heterocycles. The number of thiophene rings is 1. The Kier molecular flexibility index (Phi) is 10.0. The van der Waals surface area contributed by atoms with Crippen molar-refractivity contribution in [2.24, 2.45) is 5.16 Å². The maximum absolute atomic E-state index is 13.6. The normalized spacial score (nSPS) is 14.7. The first-order valence-corrected chi connectivity index (χ1v) is 14.9. The van der Waals surface area contributed by atoms with Crippen molar-refractivity contribution in [1.29, 1.82) is 0 Å². The minimum Gasteiger partial charge on any atom is -0.492 e. The fraction of sp³-hybridized carbons (Fsp3) is 0.452. The maximum Gasteiger partial charge on any atom is 0.278 e. The second-order valence-corrected chi connectivity index (χ2v) is 12.0. The van der Waals surface area contributed by atoms with E-state index in [0.29, 0.717) is 41.6 Å². The van der Waals surface area contributed by atoms with E-state index >= 15 is 0 Å². The molecule has 0 aliphatic carbocycles. The predicted octanol–water partition coefficient (Wildman–Crippen LogP) is 5.21. The van der Waals surface area contributed by atoms with Crippen LogP contribution in [0.25, 0.3) is 10.8 Å². The summed E-state index contributed by atoms with van der Waals surface area (Å²) in [5.74, 6) is -0.0575. The Hall–Kier alpha value is -3.47. The van der Waals surface area contributed by atoms with Gasteiger partial charge in [0.2, 0.25) is 0 Å². The number of hydrogen-bond acceptors (Lipinski definition) is 8. The molecule has 1 aliphatic heterocycles. The van der Waals surface area contributed by atoms with E-state index in [9.17, 15) is 14.8 Å². The van der Waals surface area contributed by atoms with E-state index in [4.69, 9.17) is 9.47 Å². The van der Waals surface area contributed by atoms with Gasteiger partial charge in [-0.15, -0.1) is 11.3 Å². The third-order valence-electron chi connectivity index (χ3n) is 7.19. The highest BCUT2D eigenvalue weighted by atomic mass is 32.1. The molecule has 2 N–H and O–H groups in total. The zero-order valence-corrected chi connectivity index (χ0v) is 25.3. The number of hydrogen-bond donors (Lipinski definition) is 2. The first-order chi connectivity index (χ1) is 19.7. The highest BCUT2D eigenvalue weighted by Gasteiger charge is 2.28. The number of morpholine rings is 1. The third-order valence-corrected chi connectivity index (χ3v) is 8.74. The van der Waals surface area contributed by atoms with Crippen LogP contribution in [0.1, 0.15) is 54.7 Å². The molecule has 220 valence electrons. The first kappa shape index (κ1) is 30.5. The smallest absolute Gasteiger partial charge is 0.278 e. The van der Waals surface area contributed by atoms with Crippen molar-refractivity contribution in [2.45, 2.75) is 40.0 Å². The molecule has 0 unspecified atom stereocenters. The molecule has 2 aromatic carbocycles. The van der Waals surface area contributed by atoms with E-state index in [1.165, 1.54) is 11.3 Å². The largest absolute Gasteiger partial charge is 0.492 e. The summed E-state index contributed by atoms with van der Waals surface area (Å²) < 4.78 is 11.6. The summed E-state index contributed by atoms with van der Waals surface area (Å²) in [5.41, 5.74) is 0.512. The van der Waals surface area contributed by atoms with Gasteiger partial charge in [-0.1, -0.05) is 50.2 Å². The standard InChI is InChI=1S/C31H40N4O5S/c1-6-35(7-2)30(37)28-24(20-26(41-28)31(3,4)5)32-29(36)27(33-38)23-12-13-25(22-11-9-8-10-21(22)23)40-19-16-34-14-17-39-18-15-34/h8-13,20,38H,6-7,14-19H2,1-5H3,(H,32,36). The van der Waals surface area contributed by atoms with Crippen molar-refractivity contribution < 1.29 is 24.3 Å². The lowest BCUT2D eigenvalue weighted by molar-refractivity contribution is -0.110. The second-order valence-electron chi connectivity index (χ2n) is 10.9. The quantitative estimate of drug-likeness (QED) is 0.194.